The molecule has 0 radical (unpaired) electrons. The van der Waals surface area contributed by atoms with Crippen molar-refractivity contribution in [1.29, 1.82) is 0 Å². The van der Waals surface area contributed by atoms with E-state index in [2.05, 4.69) is 11.3 Å². The molecule has 0 aliphatic rings. The van der Waals surface area contributed by atoms with Crippen molar-refractivity contribution >= 4 is 23.3 Å². The Morgan fingerprint density at radius 3 is 2.25 bits per heavy atom. The first-order valence-electron chi connectivity index (χ1n) is 4.73. The zero-order valence-corrected chi connectivity index (χ0v) is 9.95. The first-order chi connectivity index (χ1) is 7.54. The van der Waals surface area contributed by atoms with E-state index in [0.29, 0.717) is 11.3 Å². The van der Waals surface area contributed by atoms with Gasteiger partial charge in [0.15, 0.2) is 5.56 Å². The maximum Gasteiger partial charge on any atom is 0.337 e. The van der Waals surface area contributed by atoms with Crippen LogP contribution in [0.25, 0.3) is 5.76 Å². The van der Waals surface area contributed by atoms with Crippen molar-refractivity contribution in [1.82, 2.24) is 0 Å². The van der Waals surface area contributed by atoms with Gasteiger partial charge in [-0.2, -0.15) is 0 Å². The van der Waals surface area contributed by atoms with E-state index in [1.54, 1.807) is 31.2 Å². The number of hydrogen-bond acceptors (Lipinski definition) is 3. The molecule has 1 rings (SSSR count). The number of ether oxygens (including phenoxy) is 2. The van der Waals surface area contributed by atoms with E-state index in [0.717, 1.165) is 5.56 Å². The summed E-state index contributed by atoms with van der Waals surface area (Å²) in [5.74, 6) is 0.0997. The molecule has 1 unspecified atom stereocenters. The highest BCUT2D eigenvalue weighted by Gasteiger charge is 2.07. The Morgan fingerprint density at radius 1 is 1.31 bits per heavy atom. The van der Waals surface area contributed by atoms with Crippen LogP contribution in [0.3, 0.4) is 0 Å². The molecule has 0 fully saturated rings. The number of rotatable bonds is 4. The second kappa shape index (κ2) is 5.56. The SMILES string of the molecule is C=C(OC(C)Cl)c1ccc(C(=O)OC)cc1. The highest BCUT2D eigenvalue weighted by molar-refractivity contribution is 6.19. The monoisotopic (exact) mass is 240 g/mol. The zero-order valence-electron chi connectivity index (χ0n) is 9.20. The molecule has 1 aromatic rings. The Hall–Kier alpha value is -1.48. The zero-order chi connectivity index (χ0) is 12.1. The molecule has 4 heteroatoms. The molecule has 0 aromatic heterocycles. The number of carbonyl (C=O) groups is 1. The van der Waals surface area contributed by atoms with Gasteiger partial charge in [-0.25, -0.2) is 4.79 Å². The van der Waals surface area contributed by atoms with Gasteiger partial charge in [0.05, 0.1) is 12.7 Å². The number of esters is 1. The third kappa shape index (κ3) is 3.28. The van der Waals surface area contributed by atoms with Gasteiger partial charge >= 0.3 is 5.97 Å². The van der Waals surface area contributed by atoms with Crippen molar-refractivity contribution in [2.75, 3.05) is 7.11 Å². The molecule has 0 spiro atoms. The van der Waals surface area contributed by atoms with Crippen LogP contribution in [0, 0.1) is 0 Å². The molecular weight excluding hydrogens is 228 g/mol. The van der Waals surface area contributed by atoms with E-state index in [1.165, 1.54) is 7.11 Å². The standard InChI is InChI=1S/C12H13ClO3/c1-8(16-9(2)13)10-4-6-11(7-5-10)12(14)15-3/h4-7,9H,1H2,2-3H3. The Morgan fingerprint density at radius 2 is 1.81 bits per heavy atom. The van der Waals surface area contributed by atoms with Gasteiger partial charge in [0.2, 0.25) is 0 Å². The molecule has 0 N–H and O–H groups in total. The summed E-state index contributed by atoms with van der Waals surface area (Å²) in [6, 6.07) is 6.75. The lowest BCUT2D eigenvalue weighted by molar-refractivity contribution is 0.0600. The molecule has 0 saturated heterocycles. The van der Waals surface area contributed by atoms with Gasteiger partial charge in [-0.15, -0.1) is 0 Å². The van der Waals surface area contributed by atoms with Gasteiger partial charge in [-0.05, 0) is 19.1 Å². The lowest BCUT2D eigenvalue weighted by atomic mass is 10.1. The van der Waals surface area contributed by atoms with E-state index < -0.39 is 5.56 Å². The summed E-state index contributed by atoms with van der Waals surface area (Å²) in [4.78, 5) is 11.2. The average Bonchev–Trinajstić information content (AvgIpc) is 2.27. The van der Waals surface area contributed by atoms with E-state index >= 15 is 0 Å². The van der Waals surface area contributed by atoms with Crippen LogP contribution < -0.4 is 0 Å². The lowest BCUT2D eigenvalue weighted by Crippen LogP contribution is -2.02. The summed E-state index contributed by atoms with van der Waals surface area (Å²) in [5, 5.41) is 0. The Kier molecular flexibility index (Phi) is 4.38. The van der Waals surface area contributed by atoms with Crippen LogP contribution >= 0.6 is 11.6 Å². The fraction of sp³-hybridized carbons (Fsp3) is 0.250. The highest BCUT2D eigenvalue weighted by Crippen LogP contribution is 2.17. The number of halogens is 1. The number of carbonyl (C=O) groups excluding carboxylic acids is 1. The Balaban J connectivity index is 2.78. The van der Waals surface area contributed by atoms with Crippen LogP contribution in [0.15, 0.2) is 30.8 Å². The van der Waals surface area contributed by atoms with Crippen LogP contribution in [0.2, 0.25) is 0 Å². The molecule has 3 nitrogen and oxygen atoms in total. The van der Waals surface area contributed by atoms with Crippen LogP contribution in [0.5, 0.6) is 0 Å². The van der Waals surface area contributed by atoms with Crippen molar-refractivity contribution in [3.05, 3.63) is 42.0 Å². The van der Waals surface area contributed by atoms with Gasteiger partial charge < -0.3 is 9.47 Å². The van der Waals surface area contributed by atoms with Crippen molar-refractivity contribution in [2.24, 2.45) is 0 Å². The summed E-state index contributed by atoms with van der Waals surface area (Å²) < 4.78 is 9.81. The van der Waals surface area contributed by atoms with Crippen molar-refractivity contribution < 1.29 is 14.3 Å². The third-order valence-corrected chi connectivity index (χ3v) is 2.02. The van der Waals surface area contributed by atoms with Gasteiger partial charge in [0, 0.05) is 5.56 Å². The second-order valence-electron chi connectivity index (χ2n) is 3.15. The molecule has 0 bridgehead atoms. The molecule has 0 amide bonds. The normalized spacial score (nSPS) is 11.7. The molecule has 0 saturated carbocycles. The van der Waals surface area contributed by atoms with Crippen LogP contribution in [-0.4, -0.2) is 18.6 Å². The molecular formula is C12H13ClO3. The summed E-state index contributed by atoms with van der Waals surface area (Å²) in [6.45, 7) is 5.44. The maximum absolute atomic E-state index is 11.2. The van der Waals surface area contributed by atoms with Gasteiger partial charge in [-0.1, -0.05) is 30.3 Å². The minimum Gasteiger partial charge on any atom is -0.475 e. The van der Waals surface area contributed by atoms with Crippen molar-refractivity contribution in [3.63, 3.8) is 0 Å². The summed E-state index contributed by atoms with van der Waals surface area (Å²) in [6.07, 6.45) is 0. The van der Waals surface area contributed by atoms with Crippen molar-refractivity contribution in [2.45, 2.75) is 12.5 Å². The van der Waals surface area contributed by atoms with E-state index in [1.807, 2.05) is 0 Å². The molecule has 0 aliphatic heterocycles. The van der Waals surface area contributed by atoms with E-state index in [-0.39, 0.29) is 5.97 Å². The van der Waals surface area contributed by atoms with Crippen LogP contribution in [0.4, 0.5) is 0 Å². The molecule has 0 heterocycles. The van der Waals surface area contributed by atoms with E-state index in [4.69, 9.17) is 16.3 Å². The number of methoxy groups -OCH3 is 1. The largest absolute Gasteiger partial charge is 0.475 e. The summed E-state index contributed by atoms with van der Waals surface area (Å²) >= 11 is 5.67. The number of hydrogen-bond donors (Lipinski definition) is 0. The quantitative estimate of drug-likeness (QED) is 0.461. The summed E-state index contributed by atoms with van der Waals surface area (Å²) in [7, 11) is 1.34. The Bertz CT molecular complexity index is 382. The molecule has 1 atom stereocenters. The van der Waals surface area contributed by atoms with Gasteiger partial charge in [0.1, 0.15) is 5.76 Å². The fourth-order valence-corrected chi connectivity index (χ4v) is 1.28. The summed E-state index contributed by atoms with van der Waals surface area (Å²) in [5.41, 5.74) is 0.825. The topological polar surface area (TPSA) is 35.5 Å². The van der Waals surface area contributed by atoms with Crippen LogP contribution in [-0.2, 0) is 9.47 Å². The van der Waals surface area contributed by atoms with E-state index in [9.17, 15) is 4.79 Å². The van der Waals surface area contributed by atoms with Crippen LogP contribution in [0.1, 0.15) is 22.8 Å². The minimum atomic E-state index is -0.437. The second-order valence-corrected chi connectivity index (χ2v) is 3.77. The molecule has 16 heavy (non-hydrogen) atoms. The van der Waals surface area contributed by atoms with Gasteiger partial charge in [0.25, 0.3) is 0 Å². The lowest BCUT2D eigenvalue weighted by Gasteiger charge is -2.11. The number of alkyl halides is 1. The predicted molar refractivity (Wildman–Crippen MR) is 63.2 cm³/mol. The minimum absolute atomic E-state index is 0.371. The molecule has 0 aliphatic carbocycles. The average molecular weight is 241 g/mol. The first kappa shape index (κ1) is 12.6. The smallest absolute Gasteiger partial charge is 0.337 e. The first-order valence-corrected chi connectivity index (χ1v) is 5.16. The van der Waals surface area contributed by atoms with Gasteiger partial charge in [-0.3, -0.25) is 0 Å². The Labute approximate surface area is 99.6 Å². The van der Waals surface area contributed by atoms with Crippen molar-refractivity contribution in [3.8, 4) is 0 Å². The predicted octanol–water partition coefficient (Wildman–Crippen LogP) is 3.05. The molecule has 1 aromatic carbocycles. The molecule has 86 valence electrons. The fourth-order valence-electron chi connectivity index (χ4n) is 1.17. The maximum atomic E-state index is 11.2. The highest BCUT2D eigenvalue weighted by atomic mass is 35.5. The third-order valence-electron chi connectivity index (χ3n) is 1.93. The number of benzene rings is 1.